The van der Waals surface area contributed by atoms with Gasteiger partial charge in [0.2, 0.25) is 0 Å². The van der Waals surface area contributed by atoms with Gasteiger partial charge in [0.1, 0.15) is 5.84 Å². The summed E-state index contributed by atoms with van der Waals surface area (Å²) < 4.78 is 32.0. The summed E-state index contributed by atoms with van der Waals surface area (Å²) >= 11 is 0. The zero-order valence-electron chi connectivity index (χ0n) is 10.7. The summed E-state index contributed by atoms with van der Waals surface area (Å²) in [6.07, 6.45) is 2.11. The molecule has 0 bridgehead atoms. The number of ether oxygens (including phenoxy) is 1. The second-order valence-corrected chi connectivity index (χ2v) is 6.52. The minimum atomic E-state index is -3.45. The van der Waals surface area contributed by atoms with Crippen molar-refractivity contribution in [2.45, 2.75) is 36.8 Å². The first-order valence-corrected chi connectivity index (χ1v) is 7.88. The normalized spacial score (nSPS) is 28.1. The van der Waals surface area contributed by atoms with E-state index in [2.05, 4.69) is 9.71 Å². The highest BCUT2D eigenvalue weighted by Crippen LogP contribution is 2.24. The highest BCUT2D eigenvalue weighted by Gasteiger charge is 2.31. The summed E-state index contributed by atoms with van der Waals surface area (Å²) in [7, 11) is -3.45. The fourth-order valence-electron chi connectivity index (χ4n) is 2.50. The molecule has 2 atom stereocenters. The number of rotatable bonds is 2. The quantitative estimate of drug-likeness (QED) is 0.887. The van der Waals surface area contributed by atoms with E-state index in [1.807, 2.05) is 13.0 Å². The van der Waals surface area contributed by atoms with E-state index in [-0.39, 0.29) is 12.1 Å². The molecule has 1 fully saturated rings. The van der Waals surface area contributed by atoms with Gasteiger partial charge in [0, 0.05) is 12.2 Å². The van der Waals surface area contributed by atoms with Crippen LogP contribution in [0.2, 0.25) is 0 Å². The van der Waals surface area contributed by atoms with E-state index in [9.17, 15) is 8.42 Å². The Morgan fingerprint density at radius 1 is 1.42 bits per heavy atom. The third-order valence-corrected chi connectivity index (χ3v) is 4.90. The lowest BCUT2D eigenvalue weighted by atomic mass is 10.1. The zero-order chi connectivity index (χ0) is 13.5. The number of amidine groups is 1. The van der Waals surface area contributed by atoms with Gasteiger partial charge in [-0.2, -0.15) is 0 Å². The maximum Gasteiger partial charge on any atom is 0.263 e. The van der Waals surface area contributed by atoms with Gasteiger partial charge in [0.05, 0.1) is 17.0 Å². The van der Waals surface area contributed by atoms with Crippen molar-refractivity contribution in [3.05, 3.63) is 29.8 Å². The molecule has 0 aliphatic carbocycles. The van der Waals surface area contributed by atoms with Crippen LogP contribution >= 0.6 is 0 Å². The van der Waals surface area contributed by atoms with Gasteiger partial charge in [-0.3, -0.25) is 9.71 Å². The lowest BCUT2D eigenvalue weighted by Crippen LogP contribution is -2.27. The number of sulfonamides is 1. The molecule has 102 valence electrons. The molecule has 1 N–H and O–H groups in total. The third-order valence-electron chi connectivity index (χ3n) is 3.50. The molecule has 19 heavy (non-hydrogen) atoms. The molecule has 1 aromatic rings. The third kappa shape index (κ3) is 2.26. The smallest absolute Gasteiger partial charge is 0.263 e. The predicted octanol–water partition coefficient (Wildman–Crippen LogP) is 1.29. The predicted molar refractivity (Wildman–Crippen MR) is 71.7 cm³/mol. The molecule has 5 nitrogen and oxygen atoms in total. The molecule has 1 saturated heterocycles. The molecule has 2 unspecified atom stereocenters. The summed E-state index contributed by atoms with van der Waals surface area (Å²) in [5, 5.41) is 0. The van der Waals surface area contributed by atoms with Gasteiger partial charge in [-0.25, -0.2) is 8.42 Å². The zero-order valence-corrected chi connectivity index (χ0v) is 11.5. The van der Waals surface area contributed by atoms with Crippen LogP contribution in [0.25, 0.3) is 0 Å². The average molecular weight is 280 g/mol. The van der Waals surface area contributed by atoms with Crippen molar-refractivity contribution < 1.29 is 13.2 Å². The van der Waals surface area contributed by atoms with Gasteiger partial charge in [-0.05, 0) is 31.9 Å². The highest BCUT2D eigenvalue weighted by molar-refractivity contribution is 7.90. The molecule has 6 heteroatoms. The van der Waals surface area contributed by atoms with Gasteiger partial charge >= 0.3 is 0 Å². The Kier molecular flexibility index (Phi) is 3.06. The van der Waals surface area contributed by atoms with Crippen LogP contribution in [-0.2, 0) is 14.8 Å². The first kappa shape index (κ1) is 12.6. The number of nitrogens with one attached hydrogen (secondary N) is 1. The molecule has 0 saturated carbocycles. The number of hydrogen-bond acceptors (Lipinski definition) is 4. The molecule has 2 aliphatic rings. The van der Waals surface area contributed by atoms with E-state index in [1.54, 1.807) is 18.2 Å². The van der Waals surface area contributed by atoms with Crippen molar-refractivity contribution >= 4 is 15.9 Å². The van der Waals surface area contributed by atoms with E-state index in [0.29, 0.717) is 16.3 Å². The van der Waals surface area contributed by atoms with Gasteiger partial charge in [-0.15, -0.1) is 0 Å². The van der Waals surface area contributed by atoms with E-state index in [0.717, 1.165) is 19.4 Å². The largest absolute Gasteiger partial charge is 0.376 e. The Balaban J connectivity index is 1.94. The van der Waals surface area contributed by atoms with Crippen LogP contribution in [0.3, 0.4) is 0 Å². The maximum atomic E-state index is 11.9. The molecule has 0 aromatic heterocycles. The number of aliphatic imine (C=N–C) groups is 1. The lowest BCUT2D eigenvalue weighted by molar-refractivity contribution is 0.0953. The van der Waals surface area contributed by atoms with E-state index in [4.69, 9.17) is 4.74 Å². The van der Waals surface area contributed by atoms with Gasteiger partial charge < -0.3 is 4.74 Å². The molecular weight excluding hydrogens is 264 g/mol. The van der Waals surface area contributed by atoms with Crippen molar-refractivity contribution in [2.24, 2.45) is 4.99 Å². The Labute approximate surface area is 112 Å². The minimum absolute atomic E-state index is 0.0497. The van der Waals surface area contributed by atoms with E-state index >= 15 is 0 Å². The molecule has 1 aromatic carbocycles. The van der Waals surface area contributed by atoms with Crippen molar-refractivity contribution in [3.63, 3.8) is 0 Å². The van der Waals surface area contributed by atoms with Crippen LogP contribution in [0.5, 0.6) is 0 Å². The Bertz CT molecular complexity index is 619. The summed E-state index contributed by atoms with van der Waals surface area (Å²) in [5.41, 5.74) is 0.646. The van der Waals surface area contributed by atoms with Crippen LogP contribution in [-0.4, -0.2) is 33.0 Å². The second-order valence-electron chi connectivity index (χ2n) is 4.87. The molecule has 0 amide bonds. The highest BCUT2D eigenvalue weighted by atomic mass is 32.2. The molecule has 2 heterocycles. The fourth-order valence-corrected chi connectivity index (χ4v) is 3.74. The average Bonchev–Trinajstić information content (AvgIpc) is 2.98. The first-order valence-electron chi connectivity index (χ1n) is 6.39. The number of benzene rings is 1. The topological polar surface area (TPSA) is 67.8 Å². The van der Waals surface area contributed by atoms with Crippen LogP contribution in [0, 0.1) is 0 Å². The fraction of sp³-hybridized carbons (Fsp3) is 0.462. The number of fused-ring (bicyclic) bond motifs is 1. The Morgan fingerprint density at radius 3 is 2.95 bits per heavy atom. The van der Waals surface area contributed by atoms with Crippen LogP contribution in [0.4, 0.5) is 0 Å². The van der Waals surface area contributed by atoms with Crippen LogP contribution in [0.1, 0.15) is 25.3 Å². The van der Waals surface area contributed by atoms with E-state index in [1.165, 1.54) is 0 Å². The Morgan fingerprint density at radius 2 is 2.21 bits per heavy atom. The summed E-state index contributed by atoms with van der Waals surface area (Å²) in [5.74, 6) is 0.429. The van der Waals surface area contributed by atoms with E-state index < -0.39 is 10.0 Å². The SMILES string of the molecule is CC(N=C1NS(=O)(=O)c2ccccc21)C1CCCO1. The number of nitrogens with zero attached hydrogens (tertiary/aromatic N) is 1. The van der Waals surface area contributed by atoms with Crippen LogP contribution in [0.15, 0.2) is 34.2 Å². The summed E-state index contributed by atoms with van der Waals surface area (Å²) in [6.45, 7) is 2.72. The lowest BCUT2D eigenvalue weighted by Gasteiger charge is -2.15. The van der Waals surface area contributed by atoms with Crippen molar-refractivity contribution in [1.82, 2.24) is 4.72 Å². The van der Waals surface area contributed by atoms with Gasteiger partial charge in [-0.1, -0.05) is 12.1 Å². The molecule has 2 aliphatic heterocycles. The molecule has 0 spiro atoms. The standard InChI is InChI=1S/C13H16N2O3S/c1-9(11-6-4-8-18-11)14-13-10-5-2-3-7-12(10)19(16,17)15-13/h2-3,5,7,9,11H,4,6,8H2,1H3,(H,14,15). The number of hydrogen-bond donors (Lipinski definition) is 1. The summed E-state index contributed by atoms with van der Waals surface area (Å²) in [4.78, 5) is 4.80. The first-order chi connectivity index (χ1) is 9.08. The molecule has 3 rings (SSSR count). The van der Waals surface area contributed by atoms with Gasteiger partial charge in [0.15, 0.2) is 0 Å². The van der Waals surface area contributed by atoms with Crippen molar-refractivity contribution in [2.75, 3.05) is 6.61 Å². The second kappa shape index (κ2) is 4.61. The van der Waals surface area contributed by atoms with Crippen molar-refractivity contribution in [3.8, 4) is 0 Å². The molecular formula is C13H16N2O3S. The van der Waals surface area contributed by atoms with Crippen LogP contribution < -0.4 is 4.72 Å². The summed E-state index contributed by atoms with van der Waals surface area (Å²) in [6, 6.07) is 6.84. The Hall–Kier alpha value is -1.40. The van der Waals surface area contributed by atoms with Gasteiger partial charge in [0.25, 0.3) is 10.0 Å². The molecule has 0 radical (unpaired) electrons. The van der Waals surface area contributed by atoms with Crippen molar-refractivity contribution in [1.29, 1.82) is 0 Å². The maximum absolute atomic E-state index is 11.9. The minimum Gasteiger partial charge on any atom is -0.376 e. The monoisotopic (exact) mass is 280 g/mol.